The molecule has 0 bridgehead atoms. The highest BCUT2D eigenvalue weighted by Gasteiger charge is 2.28. The number of thiophene rings is 1. The molecule has 33 heavy (non-hydrogen) atoms. The number of halogens is 2. The Morgan fingerprint density at radius 1 is 0.939 bits per heavy atom. The summed E-state index contributed by atoms with van der Waals surface area (Å²) < 4.78 is 54.1. The molecule has 3 rings (SSSR count). The fraction of sp³-hybridized carbons (Fsp3) is 0.292. The van der Waals surface area contributed by atoms with E-state index < -0.39 is 15.8 Å². The van der Waals surface area contributed by atoms with E-state index >= 15 is 0 Å². The summed E-state index contributed by atoms with van der Waals surface area (Å²) in [6.07, 6.45) is 0.510. The van der Waals surface area contributed by atoms with Crippen molar-refractivity contribution >= 4 is 27.3 Å². The predicted octanol–water partition coefficient (Wildman–Crippen LogP) is 4.96. The average molecular weight is 493 g/mol. The Bertz CT molecular complexity index is 1180. The molecule has 176 valence electrons. The van der Waals surface area contributed by atoms with E-state index in [1.807, 2.05) is 25.3 Å². The van der Waals surface area contributed by atoms with E-state index in [1.165, 1.54) is 35.6 Å². The molecule has 0 unspecified atom stereocenters. The number of benzene rings is 2. The molecule has 0 fully saturated rings. The third-order valence-corrected chi connectivity index (χ3v) is 8.05. The van der Waals surface area contributed by atoms with Crippen molar-refractivity contribution in [3.8, 4) is 0 Å². The highest BCUT2D eigenvalue weighted by Crippen LogP contribution is 2.21. The van der Waals surface area contributed by atoms with Gasteiger partial charge in [0.25, 0.3) is 0 Å². The molecule has 0 aliphatic heterocycles. The van der Waals surface area contributed by atoms with Gasteiger partial charge in [0.2, 0.25) is 15.9 Å². The third-order valence-electron chi connectivity index (χ3n) is 5.18. The maximum Gasteiger partial charge on any atom is 0.243 e. The molecular weight excluding hydrogens is 466 g/mol. The quantitative estimate of drug-likeness (QED) is 0.402. The van der Waals surface area contributed by atoms with E-state index in [2.05, 4.69) is 0 Å². The molecule has 0 atom stereocenters. The predicted molar refractivity (Wildman–Crippen MR) is 125 cm³/mol. The minimum atomic E-state index is -3.99. The van der Waals surface area contributed by atoms with E-state index in [0.717, 1.165) is 32.4 Å². The lowest BCUT2D eigenvalue weighted by Gasteiger charge is -2.27. The van der Waals surface area contributed by atoms with Gasteiger partial charge in [-0.3, -0.25) is 4.79 Å². The number of hydrogen-bond donors (Lipinski definition) is 0. The molecule has 5 nitrogen and oxygen atoms in total. The molecule has 1 aromatic heterocycles. The number of amides is 1. The maximum absolute atomic E-state index is 13.4. The van der Waals surface area contributed by atoms with Crippen LogP contribution in [0.15, 0.2) is 64.9 Å². The first-order chi connectivity index (χ1) is 15.7. The van der Waals surface area contributed by atoms with E-state index in [0.29, 0.717) is 13.0 Å². The number of nitrogens with zero attached hydrogens (tertiary/aromatic N) is 2. The van der Waals surface area contributed by atoms with Gasteiger partial charge in [-0.25, -0.2) is 17.2 Å². The largest absolute Gasteiger partial charge is 0.332 e. The van der Waals surface area contributed by atoms with Crippen LogP contribution in [0.1, 0.15) is 29.3 Å². The van der Waals surface area contributed by atoms with Gasteiger partial charge in [-0.1, -0.05) is 19.1 Å². The van der Waals surface area contributed by atoms with Gasteiger partial charge in [0.05, 0.1) is 18.0 Å². The van der Waals surface area contributed by atoms with E-state index in [-0.39, 0.29) is 36.3 Å². The van der Waals surface area contributed by atoms with Gasteiger partial charge in [0, 0.05) is 18.0 Å². The van der Waals surface area contributed by atoms with Crippen molar-refractivity contribution in [2.75, 3.05) is 13.1 Å². The van der Waals surface area contributed by atoms with E-state index in [9.17, 15) is 22.0 Å². The fourth-order valence-electron chi connectivity index (χ4n) is 3.32. The highest BCUT2D eigenvalue weighted by atomic mass is 32.2. The van der Waals surface area contributed by atoms with E-state index in [4.69, 9.17) is 0 Å². The zero-order chi connectivity index (χ0) is 24.0. The number of carbonyl (C=O) groups is 1. The minimum absolute atomic E-state index is 0.0654. The molecule has 2 aromatic carbocycles. The van der Waals surface area contributed by atoms with Crippen molar-refractivity contribution < 1.29 is 22.0 Å². The molecule has 1 heterocycles. The summed E-state index contributed by atoms with van der Waals surface area (Å²) in [5.41, 5.74) is 1.78. The fourth-order valence-corrected chi connectivity index (χ4v) is 5.72. The van der Waals surface area contributed by atoms with Crippen LogP contribution in [0.2, 0.25) is 0 Å². The molecule has 1 amide bonds. The second-order valence-corrected chi connectivity index (χ2v) is 10.6. The standard InChI is InChI=1S/C24H26F2N2O3S2/c1-3-13-28(33(30,31)22-10-8-21(26)9-11-22)17-24(29)27(16-23-18(2)12-14-32-23)15-19-4-6-20(25)7-5-19/h4-12,14H,3,13,15-17H2,1-2H3. The second-order valence-electron chi connectivity index (χ2n) is 7.70. The van der Waals surface area contributed by atoms with Crippen molar-refractivity contribution in [1.29, 1.82) is 0 Å². The average Bonchev–Trinajstić information content (AvgIpc) is 3.19. The molecule has 9 heteroatoms. The first-order valence-corrected chi connectivity index (χ1v) is 12.8. The Kier molecular flexibility index (Phi) is 8.34. The minimum Gasteiger partial charge on any atom is -0.332 e. The SMILES string of the molecule is CCCN(CC(=O)N(Cc1ccc(F)cc1)Cc1sccc1C)S(=O)(=O)c1ccc(F)cc1. The molecule has 0 aliphatic carbocycles. The summed E-state index contributed by atoms with van der Waals surface area (Å²) in [6, 6.07) is 12.4. The zero-order valence-electron chi connectivity index (χ0n) is 18.5. The maximum atomic E-state index is 13.4. The summed E-state index contributed by atoms with van der Waals surface area (Å²) in [5.74, 6) is -1.28. The van der Waals surface area contributed by atoms with Crippen LogP contribution >= 0.6 is 11.3 Å². The van der Waals surface area contributed by atoms with Crippen LogP contribution in [-0.2, 0) is 27.9 Å². The molecule has 0 saturated carbocycles. The third kappa shape index (κ3) is 6.46. The van der Waals surface area contributed by atoms with Crippen LogP contribution in [-0.4, -0.2) is 36.6 Å². The molecule has 0 aliphatic rings. The van der Waals surface area contributed by atoms with Crippen molar-refractivity contribution in [2.45, 2.75) is 38.3 Å². The van der Waals surface area contributed by atoms with Gasteiger partial charge in [-0.15, -0.1) is 11.3 Å². The van der Waals surface area contributed by atoms with Crippen molar-refractivity contribution in [1.82, 2.24) is 9.21 Å². The summed E-state index contributed by atoms with van der Waals surface area (Å²) in [6.45, 7) is 4.11. The van der Waals surface area contributed by atoms with Gasteiger partial charge < -0.3 is 4.90 Å². The van der Waals surface area contributed by atoms with Crippen molar-refractivity contribution in [3.63, 3.8) is 0 Å². The van der Waals surface area contributed by atoms with Gasteiger partial charge >= 0.3 is 0 Å². The van der Waals surface area contributed by atoms with Gasteiger partial charge in [0.15, 0.2) is 0 Å². The van der Waals surface area contributed by atoms with Crippen LogP contribution < -0.4 is 0 Å². The van der Waals surface area contributed by atoms with Crippen LogP contribution in [0.4, 0.5) is 8.78 Å². The Morgan fingerprint density at radius 3 is 2.09 bits per heavy atom. The monoisotopic (exact) mass is 492 g/mol. The Balaban J connectivity index is 1.86. The first kappa shape index (κ1) is 25.0. The lowest BCUT2D eigenvalue weighted by Crippen LogP contribution is -2.42. The lowest BCUT2D eigenvalue weighted by atomic mass is 10.2. The van der Waals surface area contributed by atoms with Crippen LogP contribution in [0, 0.1) is 18.6 Å². The molecule has 0 radical (unpaired) electrons. The zero-order valence-corrected chi connectivity index (χ0v) is 20.1. The summed E-state index contributed by atoms with van der Waals surface area (Å²) in [7, 11) is -3.99. The van der Waals surface area contributed by atoms with Gasteiger partial charge in [-0.05, 0) is 72.3 Å². The Hall–Kier alpha value is -2.62. The number of carbonyl (C=O) groups excluding carboxylic acids is 1. The molecule has 0 N–H and O–H groups in total. The summed E-state index contributed by atoms with van der Waals surface area (Å²) in [5, 5.41) is 1.94. The van der Waals surface area contributed by atoms with Gasteiger partial charge in [0.1, 0.15) is 11.6 Å². The van der Waals surface area contributed by atoms with E-state index in [1.54, 1.807) is 17.0 Å². The number of sulfonamides is 1. The molecule has 0 spiro atoms. The number of aryl methyl sites for hydroxylation is 1. The Morgan fingerprint density at radius 2 is 1.55 bits per heavy atom. The van der Waals surface area contributed by atoms with Gasteiger partial charge in [-0.2, -0.15) is 4.31 Å². The number of rotatable bonds is 10. The molecular formula is C24H26F2N2O3S2. The summed E-state index contributed by atoms with van der Waals surface area (Å²) in [4.78, 5) is 15.9. The topological polar surface area (TPSA) is 57.7 Å². The first-order valence-electron chi connectivity index (χ1n) is 10.5. The van der Waals surface area contributed by atoms with Crippen LogP contribution in [0.3, 0.4) is 0 Å². The Labute approximate surface area is 197 Å². The molecule has 3 aromatic rings. The normalized spacial score (nSPS) is 11.7. The van der Waals surface area contributed by atoms with Crippen LogP contribution in [0.25, 0.3) is 0 Å². The highest BCUT2D eigenvalue weighted by molar-refractivity contribution is 7.89. The summed E-state index contributed by atoms with van der Waals surface area (Å²) >= 11 is 1.52. The van der Waals surface area contributed by atoms with Crippen LogP contribution in [0.5, 0.6) is 0 Å². The number of hydrogen-bond acceptors (Lipinski definition) is 4. The smallest absolute Gasteiger partial charge is 0.243 e. The molecule has 0 saturated heterocycles. The van der Waals surface area contributed by atoms with Crippen molar-refractivity contribution in [3.05, 3.63) is 87.6 Å². The second kappa shape index (κ2) is 11.0. The lowest BCUT2D eigenvalue weighted by molar-refractivity contribution is -0.132. The van der Waals surface area contributed by atoms with Crippen molar-refractivity contribution in [2.24, 2.45) is 0 Å².